The van der Waals surface area contributed by atoms with Gasteiger partial charge in [-0.2, -0.15) is 0 Å². The van der Waals surface area contributed by atoms with Gasteiger partial charge in [-0.15, -0.1) is 0 Å². The molecule has 24 heavy (non-hydrogen) atoms. The Bertz CT molecular complexity index is 857. The number of fused-ring (bicyclic) bond motifs is 3. The van der Waals surface area contributed by atoms with E-state index < -0.39 is 0 Å². The van der Waals surface area contributed by atoms with E-state index in [-0.39, 0.29) is 0 Å². The molecular weight excluding hydrogens is 288 g/mol. The second kappa shape index (κ2) is 6.81. The first kappa shape index (κ1) is 15.4. The van der Waals surface area contributed by atoms with Crippen molar-refractivity contribution < 1.29 is 0 Å². The van der Waals surface area contributed by atoms with Crippen molar-refractivity contribution >= 4 is 10.8 Å². The van der Waals surface area contributed by atoms with Crippen molar-refractivity contribution in [3.63, 3.8) is 0 Å². The summed E-state index contributed by atoms with van der Waals surface area (Å²) >= 11 is 0. The molecule has 0 aliphatic heterocycles. The maximum absolute atomic E-state index is 2.37. The molecule has 0 unspecified atom stereocenters. The molecule has 0 saturated carbocycles. The fraction of sp³-hybridized carbons (Fsp3) is 0.333. The van der Waals surface area contributed by atoms with Gasteiger partial charge in [-0.1, -0.05) is 93.6 Å². The maximum atomic E-state index is 2.37. The lowest BCUT2D eigenvalue weighted by molar-refractivity contribution is 0.608. The average Bonchev–Trinajstić information content (AvgIpc) is 2.97. The van der Waals surface area contributed by atoms with Gasteiger partial charge in [0.05, 0.1) is 0 Å². The van der Waals surface area contributed by atoms with E-state index in [0.717, 1.165) is 0 Å². The van der Waals surface area contributed by atoms with Crippen molar-refractivity contribution in [1.29, 1.82) is 0 Å². The lowest BCUT2D eigenvalue weighted by atomic mass is 9.94. The standard InChI is InChI=1S/C24H26/c1-2-3-4-5-6-7-11-18-16-17-19-12-10-15-22-20-13-8-9-14-21(20)23(18)24(19)22/h8-10,12-17H,2-7,11H2,1H3. The van der Waals surface area contributed by atoms with Gasteiger partial charge in [0.15, 0.2) is 0 Å². The van der Waals surface area contributed by atoms with E-state index in [9.17, 15) is 0 Å². The predicted molar refractivity (Wildman–Crippen MR) is 105 cm³/mol. The van der Waals surface area contributed by atoms with Crippen LogP contribution in [0.4, 0.5) is 0 Å². The molecule has 3 aromatic rings. The lowest BCUT2D eigenvalue weighted by Crippen LogP contribution is -1.91. The molecule has 4 rings (SSSR count). The highest BCUT2D eigenvalue weighted by Crippen LogP contribution is 2.48. The molecule has 0 heteroatoms. The third-order valence-corrected chi connectivity index (χ3v) is 5.42. The molecular formula is C24H26. The molecule has 0 radical (unpaired) electrons. The largest absolute Gasteiger partial charge is 0.0654 e. The SMILES string of the molecule is CCCCCCCCc1ccc2cccc3c2c1-c1ccccc1-3. The van der Waals surface area contributed by atoms with Crippen molar-refractivity contribution in [3.8, 4) is 22.3 Å². The quantitative estimate of drug-likeness (QED) is 0.312. The van der Waals surface area contributed by atoms with Crippen LogP contribution in [0.25, 0.3) is 33.0 Å². The Balaban J connectivity index is 1.64. The minimum absolute atomic E-state index is 1.21. The van der Waals surface area contributed by atoms with Crippen molar-refractivity contribution in [2.24, 2.45) is 0 Å². The molecule has 122 valence electrons. The highest BCUT2D eigenvalue weighted by Gasteiger charge is 2.22. The van der Waals surface area contributed by atoms with Crippen LogP contribution < -0.4 is 0 Å². The van der Waals surface area contributed by atoms with Gasteiger partial charge >= 0.3 is 0 Å². The van der Waals surface area contributed by atoms with Crippen LogP contribution >= 0.6 is 0 Å². The summed E-state index contributed by atoms with van der Waals surface area (Å²) in [6, 6.07) is 20.3. The molecule has 1 aliphatic rings. The molecule has 0 atom stereocenters. The van der Waals surface area contributed by atoms with Crippen molar-refractivity contribution in [1.82, 2.24) is 0 Å². The van der Waals surface area contributed by atoms with E-state index in [1.165, 1.54) is 83.5 Å². The molecule has 3 aromatic carbocycles. The Hall–Kier alpha value is -2.08. The van der Waals surface area contributed by atoms with Crippen LogP contribution in [0.5, 0.6) is 0 Å². The van der Waals surface area contributed by atoms with Crippen LogP contribution in [-0.4, -0.2) is 0 Å². The smallest absolute Gasteiger partial charge is 0.00236 e. The summed E-state index contributed by atoms with van der Waals surface area (Å²) in [5.41, 5.74) is 7.31. The number of hydrogen-bond acceptors (Lipinski definition) is 0. The number of aryl methyl sites for hydroxylation is 1. The Kier molecular flexibility index (Phi) is 4.38. The minimum Gasteiger partial charge on any atom is -0.0654 e. The Morgan fingerprint density at radius 1 is 0.625 bits per heavy atom. The van der Waals surface area contributed by atoms with E-state index in [0.29, 0.717) is 0 Å². The van der Waals surface area contributed by atoms with Gasteiger partial charge in [-0.3, -0.25) is 0 Å². The summed E-state index contributed by atoms with van der Waals surface area (Å²) in [5.74, 6) is 0. The Morgan fingerprint density at radius 3 is 2.25 bits per heavy atom. The van der Waals surface area contributed by atoms with E-state index in [1.54, 1.807) is 0 Å². The highest BCUT2D eigenvalue weighted by molar-refractivity contribution is 6.16. The zero-order valence-corrected chi connectivity index (χ0v) is 14.6. The van der Waals surface area contributed by atoms with Crippen LogP contribution in [0.15, 0.2) is 54.6 Å². The van der Waals surface area contributed by atoms with Crippen LogP contribution in [-0.2, 0) is 6.42 Å². The van der Waals surface area contributed by atoms with Gasteiger partial charge in [0.2, 0.25) is 0 Å². The van der Waals surface area contributed by atoms with Crippen LogP contribution in [0.2, 0.25) is 0 Å². The molecule has 0 N–H and O–H groups in total. The maximum Gasteiger partial charge on any atom is -0.00236 e. The van der Waals surface area contributed by atoms with E-state index in [2.05, 4.69) is 61.5 Å². The molecule has 0 nitrogen and oxygen atoms in total. The van der Waals surface area contributed by atoms with Crippen molar-refractivity contribution in [2.45, 2.75) is 51.9 Å². The fourth-order valence-corrected chi connectivity index (χ4v) is 4.19. The first-order valence-electron chi connectivity index (χ1n) is 9.54. The van der Waals surface area contributed by atoms with Gasteiger partial charge in [-0.25, -0.2) is 0 Å². The van der Waals surface area contributed by atoms with Gasteiger partial charge < -0.3 is 0 Å². The summed E-state index contributed by atoms with van der Waals surface area (Å²) in [5, 5.41) is 2.85. The van der Waals surface area contributed by atoms with Crippen LogP contribution in [0.3, 0.4) is 0 Å². The monoisotopic (exact) mass is 314 g/mol. The molecule has 1 aliphatic carbocycles. The fourth-order valence-electron chi connectivity index (χ4n) is 4.19. The molecule has 0 bridgehead atoms. The van der Waals surface area contributed by atoms with Crippen LogP contribution in [0, 0.1) is 0 Å². The van der Waals surface area contributed by atoms with Crippen LogP contribution in [0.1, 0.15) is 51.0 Å². The third-order valence-electron chi connectivity index (χ3n) is 5.42. The van der Waals surface area contributed by atoms with Gasteiger partial charge in [0.1, 0.15) is 0 Å². The van der Waals surface area contributed by atoms with E-state index in [1.807, 2.05) is 0 Å². The highest BCUT2D eigenvalue weighted by atomic mass is 14.3. The predicted octanol–water partition coefficient (Wildman–Crippen LogP) is 7.39. The first-order valence-corrected chi connectivity index (χ1v) is 9.54. The molecule has 0 heterocycles. The molecule has 0 amide bonds. The van der Waals surface area contributed by atoms with E-state index in [4.69, 9.17) is 0 Å². The summed E-state index contributed by atoms with van der Waals surface area (Å²) < 4.78 is 0. The van der Waals surface area contributed by atoms with E-state index >= 15 is 0 Å². The topological polar surface area (TPSA) is 0 Å². The minimum atomic E-state index is 1.21. The number of rotatable bonds is 7. The first-order chi connectivity index (χ1) is 11.9. The van der Waals surface area contributed by atoms with Gasteiger partial charge in [0, 0.05) is 0 Å². The Morgan fingerprint density at radius 2 is 1.38 bits per heavy atom. The van der Waals surface area contributed by atoms with Gasteiger partial charge in [0.25, 0.3) is 0 Å². The summed E-state index contributed by atoms with van der Waals surface area (Å²) in [6.45, 7) is 2.28. The molecule has 0 aromatic heterocycles. The number of benzene rings is 3. The zero-order chi connectivity index (χ0) is 16.4. The normalized spacial score (nSPS) is 11.9. The summed E-state index contributed by atoms with van der Waals surface area (Å²) in [6.07, 6.45) is 9.38. The summed E-state index contributed by atoms with van der Waals surface area (Å²) in [4.78, 5) is 0. The molecule has 0 fully saturated rings. The van der Waals surface area contributed by atoms with Crippen molar-refractivity contribution in [3.05, 3.63) is 60.2 Å². The average molecular weight is 314 g/mol. The second-order valence-corrected chi connectivity index (χ2v) is 7.07. The second-order valence-electron chi connectivity index (χ2n) is 7.07. The summed E-state index contributed by atoms with van der Waals surface area (Å²) in [7, 11) is 0. The third kappa shape index (κ3) is 2.65. The lowest BCUT2D eigenvalue weighted by Gasteiger charge is -2.10. The van der Waals surface area contributed by atoms with Gasteiger partial charge in [-0.05, 0) is 51.4 Å². The molecule has 0 spiro atoms. The van der Waals surface area contributed by atoms with Crippen molar-refractivity contribution in [2.75, 3.05) is 0 Å². The Labute approximate surface area is 145 Å². The molecule has 0 saturated heterocycles. The zero-order valence-electron chi connectivity index (χ0n) is 14.6. The number of hydrogen-bond donors (Lipinski definition) is 0. The number of unbranched alkanes of at least 4 members (excludes halogenated alkanes) is 5.